The Morgan fingerprint density at radius 3 is 2.89 bits per heavy atom. The third-order valence-corrected chi connectivity index (χ3v) is 3.66. The smallest absolute Gasteiger partial charge is 0.120 e. The molecule has 3 rings (SSSR count). The van der Waals surface area contributed by atoms with E-state index in [0.29, 0.717) is 12.0 Å². The Kier molecular flexibility index (Phi) is 3.50. The van der Waals surface area contributed by atoms with Gasteiger partial charge in [0.05, 0.1) is 18.8 Å². The van der Waals surface area contributed by atoms with Crippen LogP contribution in [0.4, 0.5) is 0 Å². The van der Waals surface area contributed by atoms with Crippen molar-refractivity contribution in [1.82, 2.24) is 5.43 Å². The van der Waals surface area contributed by atoms with Crippen LogP contribution in [0, 0.1) is 5.92 Å². The Balaban J connectivity index is 1.75. The quantitative estimate of drug-likeness (QED) is 0.616. The monoisotopic (exact) mass is 248 g/mol. The SMILES string of the molecule is NNC(c1cccc(OC2CC2)c1)C1CCOC1. The zero-order chi connectivity index (χ0) is 12.4. The van der Waals surface area contributed by atoms with Gasteiger partial charge in [-0.3, -0.25) is 11.3 Å². The van der Waals surface area contributed by atoms with Crippen LogP contribution >= 0.6 is 0 Å². The zero-order valence-electron chi connectivity index (χ0n) is 10.5. The second-order valence-electron chi connectivity index (χ2n) is 5.16. The van der Waals surface area contributed by atoms with Crippen LogP contribution in [0.5, 0.6) is 5.75 Å². The van der Waals surface area contributed by atoms with Gasteiger partial charge in [0.1, 0.15) is 5.75 Å². The topological polar surface area (TPSA) is 56.5 Å². The molecule has 0 spiro atoms. The molecule has 1 aliphatic carbocycles. The van der Waals surface area contributed by atoms with E-state index in [2.05, 4.69) is 17.6 Å². The number of hydrogen-bond donors (Lipinski definition) is 2. The van der Waals surface area contributed by atoms with Gasteiger partial charge in [0, 0.05) is 12.5 Å². The Morgan fingerprint density at radius 2 is 2.22 bits per heavy atom. The minimum Gasteiger partial charge on any atom is -0.490 e. The van der Waals surface area contributed by atoms with Gasteiger partial charge in [-0.2, -0.15) is 0 Å². The Labute approximate surface area is 107 Å². The second kappa shape index (κ2) is 5.26. The van der Waals surface area contributed by atoms with Gasteiger partial charge in [0.2, 0.25) is 0 Å². The maximum Gasteiger partial charge on any atom is 0.120 e. The van der Waals surface area contributed by atoms with Gasteiger partial charge in [-0.15, -0.1) is 0 Å². The third kappa shape index (κ3) is 2.66. The van der Waals surface area contributed by atoms with Crippen LogP contribution in [-0.2, 0) is 4.74 Å². The van der Waals surface area contributed by atoms with E-state index in [4.69, 9.17) is 15.3 Å². The van der Waals surface area contributed by atoms with Gasteiger partial charge in [0.25, 0.3) is 0 Å². The molecule has 2 aliphatic rings. The summed E-state index contributed by atoms with van der Waals surface area (Å²) in [6, 6.07) is 8.40. The Bertz CT molecular complexity index is 401. The highest BCUT2D eigenvalue weighted by molar-refractivity contribution is 5.31. The van der Waals surface area contributed by atoms with Crippen LogP contribution in [-0.4, -0.2) is 19.3 Å². The van der Waals surface area contributed by atoms with E-state index in [1.54, 1.807) is 0 Å². The van der Waals surface area contributed by atoms with Crippen molar-refractivity contribution in [2.75, 3.05) is 13.2 Å². The molecule has 0 bridgehead atoms. The molecule has 1 saturated heterocycles. The van der Waals surface area contributed by atoms with Crippen molar-refractivity contribution in [3.05, 3.63) is 29.8 Å². The molecule has 18 heavy (non-hydrogen) atoms. The molecule has 1 heterocycles. The van der Waals surface area contributed by atoms with Gasteiger partial charge in [-0.1, -0.05) is 12.1 Å². The molecule has 1 aromatic rings. The molecule has 0 radical (unpaired) electrons. The number of rotatable bonds is 5. The highest BCUT2D eigenvalue weighted by Gasteiger charge is 2.27. The Morgan fingerprint density at radius 1 is 1.33 bits per heavy atom. The largest absolute Gasteiger partial charge is 0.490 e. The first-order valence-electron chi connectivity index (χ1n) is 6.67. The highest BCUT2D eigenvalue weighted by atomic mass is 16.5. The average Bonchev–Trinajstić information content (AvgIpc) is 3.04. The van der Waals surface area contributed by atoms with Crippen molar-refractivity contribution in [2.45, 2.75) is 31.4 Å². The predicted octanol–water partition coefficient (Wildman–Crippen LogP) is 1.77. The zero-order valence-corrected chi connectivity index (χ0v) is 10.5. The maximum atomic E-state index is 5.82. The number of nitrogens with one attached hydrogen (secondary N) is 1. The van der Waals surface area contributed by atoms with Gasteiger partial charge in [-0.25, -0.2) is 0 Å². The fourth-order valence-corrected chi connectivity index (χ4v) is 2.48. The van der Waals surface area contributed by atoms with E-state index in [-0.39, 0.29) is 6.04 Å². The van der Waals surface area contributed by atoms with Crippen molar-refractivity contribution < 1.29 is 9.47 Å². The summed E-state index contributed by atoms with van der Waals surface area (Å²) in [5.41, 5.74) is 4.11. The molecule has 1 aliphatic heterocycles. The second-order valence-corrected chi connectivity index (χ2v) is 5.16. The fraction of sp³-hybridized carbons (Fsp3) is 0.571. The van der Waals surface area contributed by atoms with Crippen molar-refractivity contribution in [1.29, 1.82) is 0 Å². The summed E-state index contributed by atoms with van der Waals surface area (Å²) in [5.74, 6) is 7.11. The Hall–Kier alpha value is -1.10. The summed E-state index contributed by atoms with van der Waals surface area (Å²) < 4.78 is 11.3. The minimum absolute atomic E-state index is 0.148. The van der Waals surface area contributed by atoms with Gasteiger partial charge >= 0.3 is 0 Å². The summed E-state index contributed by atoms with van der Waals surface area (Å²) in [5, 5.41) is 0. The number of nitrogens with two attached hydrogens (primary N) is 1. The van der Waals surface area contributed by atoms with Gasteiger partial charge in [-0.05, 0) is 37.0 Å². The van der Waals surface area contributed by atoms with E-state index < -0.39 is 0 Å². The van der Waals surface area contributed by atoms with Crippen molar-refractivity contribution in [3.63, 3.8) is 0 Å². The van der Waals surface area contributed by atoms with E-state index in [1.807, 2.05) is 12.1 Å². The molecular weight excluding hydrogens is 228 g/mol. The van der Waals surface area contributed by atoms with E-state index in [1.165, 1.54) is 18.4 Å². The molecule has 2 fully saturated rings. The summed E-state index contributed by atoms with van der Waals surface area (Å²) in [6.45, 7) is 1.61. The summed E-state index contributed by atoms with van der Waals surface area (Å²) in [6.07, 6.45) is 3.85. The van der Waals surface area contributed by atoms with Crippen molar-refractivity contribution in [2.24, 2.45) is 11.8 Å². The van der Waals surface area contributed by atoms with E-state index >= 15 is 0 Å². The lowest BCUT2D eigenvalue weighted by Gasteiger charge is -2.22. The predicted molar refractivity (Wildman–Crippen MR) is 69.1 cm³/mol. The van der Waals surface area contributed by atoms with Crippen LogP contribution in [0.2, 0.25) is 0 Å². The molecule has 4 nitrogen and oxygen atoms in total. The lowest BCUT2D eigenvalue weighted by molar-refractivity contribution is 0.176. The molecule has 98 valence electrons. The van der Waals surface area contributed by atoms with Crippen LogP contribution in [0.15, 0.2) is 24.3 Å². The maximum absolute atomic E-state index is 5.82. The summed E-state index contributed by atoms with van der Waals surface area (Å²) >= 11 is 0. The first kappa shape index (κ1) is 12.0. The lowest BCUT2D eigenvalue weighted by atomic mass is 9.93. The van der Waals surface area contributed by atoms with E-state index in [0.717, 1.165) is 25.4 Å². The summed E-state index contributed by atoms with van der Waals surface area (Å²) in [4.78, 5) is 0. The van der Waals surface area contributed by atoms with Crippen LogP contribution < -0.4 is 16.0 Å². The molecule has 4 heteroatoms. The van der Waals surface area contributed by atoms with E-state index in [9.17, 15) is 0 Å². The third-order valence-electron chi connectivity index (χ3n) is 3.66. The number of ether oxygens (including phenoxy) is 2. The molecule has 3 N–H and O–H groups in total. The lowest BCUT2D eigenvalue weighted by Crippen LogP contribution is -2.33. The molecule has 2 unspecified atom stereocenters. The molecule has 1 saturated carbocycles. The number of benzene rings is 1. The number of hydrogen-bond acceptors (Lipinski definition) is 4. The summed E-state index contributed by atoms with van der Waals surface area (Å²) in [7, 11) is 0. The molecule has 0 aromatic heterocycles. The first-order valence-corrected chi connectivity index (χ1v) is 6.67. The van der Waals surface area contributed by atoms with Crippen LogP contribution in [0.1, 0.15) is 30.9 Å². The average molecular weight is 248 g/mol. The molecule has 0 amide bonds. The molecule has 1 aromatic carbocycles. The minimum atomic E-state index is 0.148. The van der Waals surface area contributed by atoms with Crippen LogP contribution in [0.25, 0.3) is 0 Å². The first-order chi connectivity index (χ1) is 8.86. The number of hydrazine groups is 1. The van der Waals surface area contributed by atoms with Crippen LogP contribution in [0.3, 0.4) is 0 Å². The fourth-order valence-electron chi connectivity index (χ4n) is 2.48. The standard InChI is InChI=1S/C14H20N2O2/c15-16-14(11-6-7-17-9-11)10-2-1-3-13(8-10)18-12-4-5-12/h1-3,8,11-12,14,16H,4-7,9,15H2. The van der Waals surface area contributed by atoms with Crippen molar-refractivity contribution >= 4 is 0 Å². The normalized spacial score (nSPS) is 25.1. The molecule has 2 atom stereocenters. The van der Waals surface area contributed by atoms with Crippen molar-refractivity contribution in [3.8, 4) is 5.75 Å². The van der Waals surface area contributed by atoms with Gasteiger partial charge in [0.15, 0.2) is 0 Å². The van der Waals surface area contributed by atoms with Gasteiger partial charge < -0.3 is 9.47 Å². The molecular formula is C14H20N2O2. The highest BCUT2D eigenvalue weighted by Crippen LogP contribution is 2.32.